The molecular weight excluding hydrogens is 230 g/mol. The van der Waals surface area contributed by atoms with Crippen LogP contribution >= 0.6 is 0 Å². The summed E-state index contributed by atoms with van der Waals surface area (Å²) < 4.78 is 1.94. The Morgan fingerprint density at radius 3 is 3.11 bits per heavy atom. The zero-order valence-electron chi connectivity index (χ0n) is 11.1. The first-order valence-electron chi connectivity index (χ1n) is 6.54. The molecule has 100 valence electrons. The van der Waals surface area contributed by atoms with Gasteiger partial charge in [-0.05, 0) is 12.8 Å². The van der Waals surface area contributed by atoms with Gasteiger partial charge in [-0.2, -0.15) is 5.10 Å². The highest BCUT2D eigenvalue weighted by Gasteiger charge is 2.22. The number of nitrogens with one attached hydrogen (secondary N) is 1. The van der Waals surface area contributed by atoms with Crippen molar-refractivity contribution in [2.75, 3.05) is 13.6 Å². The second-order valence-electron chi connectivity index (χ2n) is 4.79. The van der Waals surface area contributed by atoms with Gasteiger partial charge in [0.1, 0.15) is 12.2 Å². The zero-order valence-corrected chi connectivity index (χ0v) is 11.1. The highest BCUT2D eigenvalue weighted by Crippen LogP contribution is 2.10. The van der Waals surface area contributed by atoms with Gasteiger partial charge in [-0.1, -0.05) is 6.92 Å². The number of aryl methyl sites for hydroxylation is 1. The third-order valence-corrected chi connectivity index (χ3v) is 3.31. The van der Waals surface area contributed by atoms with E-state index < -0.39 is 0 Å². The third-order valence-electron chi connectivity index (χ3n) is 3.31. The van der Waals surface area contributed by atoms with Crippen LogP contribution in [0.3, 0.4) is 0 Å². The van der Waals surface area contributed by atoms with Gasteiger partial charge in [0.2, 0.25) is 5.91 Å². The first kappa shape index (κ1) is 13.0. The fourth-order valence-corrected chi connectivity index (χ4v) is 2.24. The minimum absolute atomic E-state index is 0.238. The molecule has 1 amide bonds. The second kappa shape index (κ2) is 5.95. The molecule has 0 bridgehead atoms. The molecule has 0 aliphatic carbocycles. The maximum atomic E-state index is 11.4. The Morgan fingerprint density at radius 1 is 1.56 bits per heavy atom. The highest BCUT2D eigenvalue weighted by atomic mass is 16.2. The molecule has 1 atom stereocenters. The van der Waals surface area contributed by atoms with Gasteiger partial charge in [0.15, 0.2) is 0 Å². The fourth-order valence-electron chi connectivity index (χ4n) is 2.24. The van der Waals surface area contributed by atoms with E-state index in [1.54, 1.807) is 11.2 Å². The number of carbonyl (C=O) groups excluding carboxylic acids is 1. The molecule has 2 heterocycles. The summed E-state index contributed by atoms with van der Waals surface area (Å²) in [4.78, 5) is 17.4. The summed E-state index contributed by atoms with van der Waals surface area (Å²) >= 11 is 0. The maximum Gasteiger partial charge on any atom is 0.222 e. The molecule has 2 rings (SSSR count). The molecule has 0 spiro atoms. The van der Waals surface area contributed by atoms with Crippen LogP contribution in [0.1, 0.15) is 32.0 Å². The summed E-state index contributed by atoms with van der Waals surface area (Å²) in [7, 11) is 1.86. The van der Waals surface area contributed by atoms with E-state index >= 15 is 0 Å². The van der Waals surface area contributed by atoms with Gasteiger partial charge >= 0.3 is 0 Å². The van der Waals surface area contributed by atoms with Crippen molar-refractivity contribution in [3.8, 4) is 0 Å². The lowest BCUT2D eigenvalue weighted by molar-refractivity contribution is -0.132. The molecular formula is C12H21N5O. The van der Waals surface area contributed by atoms with Crippen LogP contribution in [0.2, 0.25) is 0 Å². The summed E-state index contributed by atoms with van der Waals surface area (Å²) in [6.07, 6.45) is 4.20. The van der Waals surface area contributed by atoms with Crippen LogP contribution in [0.4, 0.5) is 0 Å². The smallest absolute Gasteiger partial charge is 0.222 e. The van der Waals surface area contributed by atoms with Crippen molar-refractivity contribution in [3.63, 3.8) is 0 Å². The Hall–Kier alpha value is -1.43. The monoisotopic (exact) mass is 251 g/mol. The maximum absolute atomic E-state index is 11.4. The lowest BCUT2D eigenvalue weighted by atomic mass is 10.1. The Labute approximate surface area is 107 Å². The van der Waals surface area contributed by atoms with Crippen LogP contribution in [0.5, 0.6) is 0 Å². The van der Waals surface area contributed by atoms with Crippen molar-refractivity contribution >= 4 is 5.91 Å². The van der Waals surface area contributed by atoms with Crippen LogP contribution in [-0.2, 0) is 17.9 Å². The number of likely N-dealkylation sites (tertiary alicyclic amines) is 1. The van der Waals surface area contributed by atoms with Gasteiger partial charge in [-0.3, -0.25) is 4.79 Å². The number of hydrogen-bond acceptors (Lipinski definition) is 4. The van der Waals surface area contributed by atoms with Gasteiger partial charge in [-0.15, -0.1) is 0 Å². The fraction of sp³-hybridized carbons (Fsp3) is 0.750. The number of likely N-dealkylation sites (N-methyl/N-ethyl adjacent to an activating group) is 1. The minimum atomic E-state index is 0.238. The van der Waals surface area contributed by atoms with Gasteiger partial charge in [0.25, 0.3) is 0 Å². The van der Waals surface area contributed by atoms with Crippen molar-refractivity contribution in [1.82, 2.24) is 25.0 Å². The van der Waals surface area contributed by atoms with Crippen LogP contribution in [0, 0.1) is 0 Å². The van der Waals surface area contributed by atoms with E-state index in [2.05, 4.69) is 22.3 Å². The third kappa shape index (κ3) is 3.07. The lowest BCUT2D eigenvalue weighted by Crippen LogP contribution is -2.46. The second-order valence-corrected chi connectivity index (χ2v) is 4.79. The Balaban J connectivity index is 1.84. The number of hydrogen-bond donors (Lipinski definition) is 1. The topological polar surface area (TPSA) is 63.1 Å². The van der Waals surface area contributed by atoms with Crippen molar-refractivity contribution < 1.29 is 4.79 Å². The molecule has 0 saturated carbocycles. The van der Waals surface area contributed by atoms with E-state index in [0.29, 0.717) is 19.0 Å². The summed E-state index contributed by atoms with van der Waals surface area (Å²) in [6, 6.07) is 0.361. The lowest BCUT2D eigenvalue weighted by Gasteiger charge is -2.30. The largest absolute Gasteiger partial charge is 0.344 e. The molecule has 1 aliphatic heterocycles. The van der Waals surface area contributed by atoms with E-state index in [1.807, 2.05) is 11.7 Å². The molecule has 1 aromatic heterocycles. The predicted octanol–water partition coefficient (Wildman–Crippen LogP) is 0.398. The van der Waals surface area contributed by atoms with Crippen molar-refractivity contribution in [1.29, 1.82) is 0 Å². The summed E-state index contributed by atoms with van der Waals surface area (Å²) in [5, 5.41) is 7.65. The van der Waals surface area contributed by atoms with Crippen LogP contribution in [0.15, 0.2) is 6.33 Å². The first-order valence-corrected chi connectivity index (χ1v) is 6.54. The quantitative estimate of drug-likeness (QED) is 0.822. The van der Waals surface area contributed by atoms with Gasteiger partial charge in [-0.25, -0.2) is 9.67 Å². The first-order chi connectivity index (χ1) is 8.70. The molecule has 1 N–H and O–H groups in total. The molecule has 6 heteroatoms. The SMILES string of the molecule is CCCn1ncnc1CNC1CCC(=O)N(C)C1. The average molecular weight is 251 g/mol. The molecule has 1 saturated heterocycles. The van der Waals surface area contributed by atoms with E-state index in [-0.39, 0.29) is 5.91 Å². The molecule has 1 aromatic rings. The van der Waals surface area contributed by atoms with E-state index in [0.717, 1.165) is 31.8 Å². The average Bonchev–Trinajstić information content (AvgIpc) is 2.79. The number of piperidine rings is 1. The van der Waals surface area contributed by atoms with Gasteiger partial charge < -0.3 is 10.2 Å². The Kier molecular flexibility index (Phi) is 4.30. The van der Waals surface area contributed by atoms with Crippen molar-refractivity contribution in [2.24, 2.45) is 0 Å². The zero-order chi connectivity index (χ0) is 13.0. The number of amides is 1. The summed E-state index contributed by atoms with van der Waals surface area (Å²) in [5.41, 5.74) is 0. The molecule has 1 unspecified atom stereocenters. The number of aromatic nitrogens is 3. The number of carbonyl (C=O) groups is 1. The standard InChI is InChI=1S/C12H21N5O/c1-3-6-17-11(14-9-15-17)7-13-10-4-5-12(18)16(2)8-10/h9-10,13H,3-8H2,1-2H3. The highest BCUT2D eigenvalue weighted by molar-refractivity contribution is 5.76. The minimum Gasteiger partial charge on any atom is -0.344 e. The van der Waals surface area contributed by atoms with Gasteiger partial charge in [0, 0.05) is 32.6 Å². The van der Waals surface area contributed by atoms with Crippen LogP contribution < -0.4 is 5.32 Å². The molecule has 1 aliphatic rings. The van der Waals surface area contributed by atoms with Gasteiger partial charge in [0.05, 0.1) is 6.54 Å². The number of nitrogens with zero attached hydrogens (tertiary/aromatic N) is 4. The van der Waals surface area contributed by atoms with Crippen LogP contribution in [0.25, 0.3) is 0 Å². The van der Waals surface area contributed by atoms with E-state index in [9.17, 15) is 4.79 Å². The Morgan fingerprint density at radius 2 is 2.39 bits per heavy atom. The molecule has 0 radical (unpaired) electrons. The van der Waals surface area contributed by atoms with E-state index in [1.165, 1.54) is 0 Å². The van der Waals surface area contributed by atoms with Crippen molar-refractivity contribution in [3.05, 3.63) is 12.2 Å². The Bertz CT molecular complexity index is 403. The summed E-state index contributed by atoms with van der Waals surface area (Å²) in [5.74, 6) is 1.21. The predicted molar refractivity (Wildman–Crippen MR) is 67.8 cm³/mol. The van der Waals surface area contributed by atoms with E-state index in [4.69, 9.17) is 0 Å². The molecule has 6 nitrogen and oxygen atoms in total. The normalized spacial score (nSPS) is 20.4. The number of rotatable bonds is 5. The summed E-state index contributed by atoms with van der Waals surface area (Å²) in [6.45, 7) is 4.52. The molecule has 1 fully saturated rings. The van der Waals surface area contributed by atoms with Crippen LogP contribution in [-0.4, -0.2) is 45.2 Å². The molecule has 0 aromatic carbocycles. The van der Waals surface area contributed by atoms with Crippen molar-refractivity contribution in [2.45, 2.75) is 45.3 Å². The molecule has 18 heavy (non-hydrogen) atoms.